The van der Waals surface area contributed by atoms with Gasteiger partial charge in [-0.1, -0.05) is 12.1 Å². The van der Waals surface area contributed by atoms with Gasteiger partial charge in [0.1, 0.15) is 5.75 Å². The summed E-state index contributed by atoms with van der Waals surface area (Å²) >= 11 is 0. The highest BCUT2D eigenvalue weighted by Gasteiger charge is 2.36. The van der Waals surface area contributed by atoms with Gasteiger partial charge in [0.25, 0.3) is 5.91 Å². The van der Waals surface area contributed by atoms with E-state index in [1.165, 1.54) is 11.0 Å². The van der Waals surface area contributed by atoms with E-state index in [0.717, 1.165) is 0 Å². The number of benzene rings is 2. The number of carbonyl (C=O) groups excluding carboxylic acids is 3. The van der Waals surface area contributed by atoms with Gasteiger partial charge in [0.15, 0.2) is 11.5 Å². The normalized spacial score (nSPS) is 17.0. The minimum absolute atomic E-state index is 0.0478. The number of carbonyl (C=O) groups is 3. The van der Waals surface area contributed by atoms with Crippen molar-refractivity contribution >= 4 is 23.4 Å². The Morgan fingerprint density at radius 1 is 1.13 bits per heavy atom. The maximum atomic E-state index is 12.5. The maximum Gasteiger partial charge on any atom is 0.269 e. The molecule has 2 heterocycles. The number of ether oxygens (including phenoxy) is 3. The van der Waals surface area contributed by atoms with Crippen molar-refractivity contribution in [1.82, 2.24) is 10.9 Å². The molecule has 156 valence electrons. The Kier molecular flexibility index (Phi) is 5.42. The second-order valence-electron chi connectivity index (χ2n) is 6.82. The topological polar surface area (TPSA) is 106 Å². The second kappa shape index (κ2) is 8.32. The smallest absolute Gasteiger partial charge is 0.269 e. The van der Waals surface area contributed by atoms with Crippen molar-refractivity contribution in [2.75, 3.05) is 24.8 Å². The van der Waals surface area contributed by atoms with Gasteiger partial charge >= 0.3 is 0 Å². The summed E-state index contributed by atoms with van der Waals surface area (Å²) in [7, 11) is 0. The first-order valence-corrected chi connectivity index (χ1v) is 9.59. The zero-order valence-corrected chi connectivity index (χ0v) is 16.3. The molecule has 4 rings (SSSR count). The Morgan fingerprint density at radius 3 is 2.77 bits per heavy atom. The summed E-state index contributed by atoms with van der Waals surface area (Å²) in [5.74, 6) is -0.0797. The lowest BCUT2D eigenvalue weighted by atomic mass is 10.1. The van der Waals surface area contributed by atoms with Crippen LogP contribution in [0.3, 0.4) is 0 Å². The summed E-state index contributed by atoms with van der Waals surface area (Å²) in [6.07, 6.45) is 0.0478. The average molecular weight is 411 g/mol. The molecule has 0 aromatic heterocycles. The van der Waals surface area contributed by atoms with Crippen LogP contribution in [0.2, 0.25) is 0 Å². The van der Waals surface area contributed by atoms with Crippen LogP contribution in [-0.4, -0.2) is 37.7 Å². The summed E-state index contributed by atoms with van der Waals surface area (Å²) in [6.45, 7) is 2.64. The summed E-state index contributed by atoms with van der Waals surface area (Å²) in [4.78, 5) is 38.9. The highest BCUT2D eigenvalue weighted by atomic mass is 16.7. The number of rotatable bonds is 5. The van der Waals surface area contributed by atoms with E-state index in [0.29, 0.717) is 35.1 Å². The second-order valence-corrected chi connectivity index (χ2v) is 6.82. The molecule has 9 heteroatoms. The van der Waals surface area contributed by atoms with E-state index < -0.39 is 17.7 Å². The first kappa shape index (κ1) is 19.6. The molecule has 0 aliphatic carbocycles. The van der Waals surface area contributed by atoms with E-state index in [1.807, 2.05) is 19.1 Å². The molecule has 9 nitrogen and oxygen atoms in total. The lowest BCUT2D eigenvalue weighted by Gasteiger charge is -2.20. The van der Waals surface area contributed by atoms with Gasteiger partial charge in [0.2, 0.25) is 18.6 Å². The molecule has 30 heavy (non-hydrogen) atoms. The average Bonchev–Trinajstić information content (AvgIpc) is 3.38. The fraction of sp³-hybridized carbons (Fsp3) is 0.286. The van der Waals surface area contributed by atoms with Crippen LogP contribution < -0.4 is 30.0 Å². The van der Waals surface area contributed by atoms with Crippen LogP contribution in [0.25, 0.3) is 0 Å². The fourth-order valence-electron chi connectivity index (χ4n) is 3.40. The van der Waals surface area contributed by atoms with Gasteiger partial charge in [0.05, 0.1) is 18.2 Å². The quantitative estimate of drug-likeness (QED) is 0.725. The third-order valence-electron chi connectivity index (χ3n) is 4.89. The third kappa shape index (κ3) is 3.86. The third-order valence-corrected chi connectivity index (χ3v) is 4.89. The molecule has 2 aliphatic heterocycles. The number of hydrazine groups is 1. The van der Waals surface area contributed by atoms with Crippen molar-refractivity contribution in [1.29, 1.82) is 0 Å². The zero-order valence-electron chi connectivity index (χ0n) is 16.3. The molecular weight excluding hydrogens is 390 g/mol. The Morgan fingerprint density at radius 2 is 1.93 bits per heavy atom. The van der Waals surface area contributed by atoms with Gasteiger partial charge in [-0.25, -0.2) is 0 Å². The molecule has 2 aromatic rings. The molecule has 0 unspecified atom stereocenters. The van der Waals surface area contributed by atoms with Gasteiger partial charge < -0.3 is 19.1 Å². The Labute approximate surface area is 172 Å². The maximum absolute atomic E-state index is 12.5. The summed E-state index contributed by atoms with van der Waals surface area (Å²) in [5.41, 5.74) is 5.72. The Balaban J connectivity index is 1.37. The molecule has 0 radical (unpaired) electrons. The van der Waals surface area contributed by atoms with E-state index in [-0.39, 0.29) is 25.7 Å². The van der Waals surface area contributed by atoms with Gasteiger partial charge in [-0.2, -0.15) is 0 Å². The molecule has 2 N–H and O–H groups in total. The van der Waals surface area contributed by atoms with Crippen molar-refractivity contribution < 1.29 is 28.6 Å². The Hall–Kier alpha value is -3.75. The van der Waals surface area contributed by atoms with E-state index in [9.17, 15) is 14.4 Å². The number of fused-ring (bicyclic) bond motifs is 1. The highest BCUT2D eigenvalue weighted by Crippen LogP contribution is 2.33. The van der Waals surface area contributed by atoms with Gasteiger partial charge in [-0.3, -0.25) is 25.2 Å². The van der Waals surface area contributed by atoms with Crippen LogP contribution in [-0.2, 0) is 9.59 Å². The molecule has 0 saturated carbocycles. The number of amides is 3. The van der Waals surface area contributed by atoms with E-state index in [2.05, 4.69) is 10.9 Å². The van der Waals surface area contributed by atoms with Crippen molar-refractivity contribution in [3.8, 4) is 17.2 Å². The van der Waals surface area contributed by atoms with Crippen molar-refractivity contribution in [2.45, 2.75) is 13.3 Å². The van der Waals surface area contributed by atoms with E-state index in [1.54, 1.807) is 24.3 Å². The lowest BCUT2D eigenvalue weighted by molar-refractivity contribution is -0.126. The van der Waals surface area contributed by atoms with Crippen LogP contribution in [0.1, 0.15) is 23.7 Å². The zero-order chi connectivity index (χ0) is 21.1. The highest BCUT2D eigenvalue weighted by molar-refractivity contribution is 6.02. The molecule has 0 spiro atoms. The number of nitrogens with one attached hydrogen (secondary N) is 2. The van der Waals surface area contributed by atoms with Crippen LogP contribution in [0.5, 0.6) is 17.2 Å². The number of hydrogen-bond donors (Lipinski definition) is 2. The molecular formula is C21H21N3O6. The molecule has 1 atom stereocenters. The number of nitrogens with zero attached hydrogens (tertiary/aromatic N) is 1. The molecule has 1 saturated heterocycles. The number of para-hydroxylation sites is 2. The van der Waals surface area contributed by atoms with Crippen LogP contribution in [0.4, 0.5) is 5.69 Å². The standard InChI is InChI=1S/C21H21N3O6/c1-2-28-16-6-4-3-5-15(16)24-11-14(10-19(24)25)21(27)23-22-20(26)13-7-8-17-18(9-13)30-12-29-17/h3-9,14H,2,10-12H2,1H3,(H,22,26)(H,23,27)/t14-/m1/s1. The molecule has 3 amide bonds. The fourth-order valence-corrected chi connectivity index (χ4v) is 3.40. The van der Waals surface area contributed by atoms with Crippen molar-refractivity contribution in [2.24, 2.45) is 5.92 Å². The van der Waals surface area contributed by atoms with Crippen LogP contribution in [0.15, 0.2) is 42.5 Å². The monoisotopic (exact) mass is 411 g/mol. The van der Waals surface area contributed by atoms with E-state index in [4.69, 9.17) is 14.2 Å². The molecule has 0 bridgehead atoms. The first-order valence-electron chi connectivity index (χ1n) is 9.59. The van der Waals surface area contributed by atoms with Crippen molar-refractivity contribution in [3.05, 3.63) is 48.0 Å². The summed E-state index contributed by atoms with van der Waals surface area (Å²) in [5, 5.41) is 0. The van der Waals surface area contributed by atoms with Crippen LogP contribution in [0, 0.1) is 5.92 Å². The minimum atomic E-state index is -0.593. The molecule has 2 aliphatic rings. The molecule has 1 fully saturated rings. The van der Waals surface area contributed by atoms with Gasteiger partial charge in [-0.05, 0) is 37.3 Å². The van der Waals surface area contributed by atoms with Gasteiger partial charge in [0, 0.05) is 18.5 Å². The lowest BCUT2D eigenvalue weighted by Crippen LogP contribution is -2.45. The van der Waals surface area contributed by atoms with Crippen LogP contribution >= 0.6 is 0 Å². The SMILES string of the molecule is CCOc1ccccc1N1C[C@H](C(=O)NNC(=O)c2ccc3c(c2)OCO3)CC1=O. The van der Waals surface area contributed by atoms with E-state index >= 15 is 0 Å². The molecule has 2 aromatic carbocycles. The summed E-state index contributed by atoms with van der Waals surface area (Å²) < 4.78 is 16.0. The predicted molar refractivity (Wildman–Crippen MR) is 106 cm³/mol. The number of anilines is 1. The largest absolute Gasteiger partial charge is 0.492 e. The summed E-state index contributed by atoms with van der Waals surface area (Å²) in [6, 6.07) is 11.9. The Bertz CT molecular complexity index is 992. The predicted octanol–water partition coefficient (Wildman–Crippen LogP) is 1.63. The van der Waals surface area contributed by atoms with Gasteiger partial charge in [-0.15, -0.1) is 0 Å². The number of hydrogen-bond acceptors (Lipinski definition) is 6. The minimum Gasteiger partial charge on any atom is -0.492 e. The van der Waals surface area contributed by atoms with Crippen molar-refractivity contribution in [3.63, 3.8) is 0 Å². The first-order chi connectivity index (χ1) is 14.6.